The van der Waals surface area contributed by atoms with Crippen LogP contribution in [0.1, 0.15) is 13.8 Å². The summed E-state index contributed by atoms with van der Waals surface area (Å²) in [6.07, 6.45) is 2.45. The third kappa shape index (κ3) is 4.50. The Bertz CT molecular complexity index is 1600. The van der Waals surface area contributed by atoms with E-state index in [2.05, 4.69) is 63.3 Å². The molecule has 3 N–H and O–H groups in total. The number of amides is 1. The maximum Gasteiger partial charge on any atom is 0.410 e. The van der Waals surface area contributed by atoms with E-state index in [1.807, 2.05) is 17.5 Å². The fraction of sp³-hybridized carbons (Fsp3) is 0.259. The molecule has 1 aliphatic rings. The van der Waals surface area contributed by atoms with Crippen LogP contribution in [0.25, 0.3) is 27.0 Å². The SMILES string of the molecule is CC(C)N1CCN(c2ccc(Nc3ncc(-c4csc5c(OC(N)=O)cccc45)n4ncnc34)cc2)CC1. The summed E-state index contributed by atoms with van der Waals surface area (Å²) in [6.45, 7) is 8.73. The minimum absolute atomic E-state index is 0.428. The molecular weight excluding hydrogens is 500 g/mol. The number of carbonyl (C=O) groups is 1. The molecule has 1 saturated heterocycles. The molecular formula is C27H28N8O2S. The Labute approximate surface area is 223 Å². The lowest BCUT2D eigenvalue weighted by Crippen LogP contribution is -2.48. The van der Waals surface area contributed by atoms with Crippen LogP contribution in [-0.4, -0.2) is 62.8 Å². The Morgan fingerprint density at radius 1 is 1.08 bits per heavy atom. The predicted molar refractivity (Wildman–Crippen MR) is 150 cm³/mol. The second-order valence-electron chi connectivity index (χ2n) is 9.48. The quantitative estimate of drug-likeness (QED) is 0.325. The van der Waals surface area contributed by atoms with Crippen LogP contribution in [0.4, 0.5) is 22.0 Å². The first-order valence-electron chi connectivity index (χ1n) is 12.5. The van der Waals surface area contributed by atoms with Gasteiger partial charge in [0.2, 0.25) is 0 Å². The highest BCUT2D eigenvalue weighted by atomic mass is 32.1. The minimum atomic E-state index is -0.843. The number of fused-ring (bicyclic) bond motifs is 2. The number of nitrogens with zero attached hydrogens (tertiary/aromatic N) is 6. The fourth-order valence-electron chi connectivity index (χ4n) is 4.90. The molecule has 0 saturated carbocycles. The Hall–Kier alpha value is -4.22. The van der Waals surface area contributed by atoms with Crippen molar-refractivity contribution in [1.82, 2.24) is 24.5 Å². The van der Waals surface area contributed by atoms with Gasteiger partial charge in [0.25, 0.3) is 0 Å². The van der Waals surface area contributed by atoms with Gasteiger partial charge in [-0.05, 0) is 44.2 Å². The van der Waals surface area contributed by atoms with Crippen LogP contribution in [0.15, 0.2) is 60.4 Å². The normalized spacial score (nSPS) is 14.4. The zero-order valence-corrected chi connectivity index (χ0v) is 22.0. The molecule has 3 aromatic heterocycles. The number of anilines is 3. The van der Waals surface area contributed by atoms with Crippen molar-refractivity contribution < 1.29 is 9.53 Å². The highest BCUT2D eigenvalue weighted by Crippen LogP contribution is 2.39. The molecule has 38 heavy (non-hydrogen) atoms. The zero-order chi connectivity index (χ0) is 26.2. The molecule has 0 bridgehead atoms. The number of carbonyl (C=O) groups excluding carboxylic acids is 1. The first-order valence-corrected chi connectivity index (χ1v) is 13.4. The van der Waals surface area contributed by atoms with Crippen molar-refractivity contribution in [2.45, 2.75) is 19.9 Å². The molecule has 0 atom stereocenters. The first-order chi connectivity index (χ1) is 18.5. The summed E-state index contributed by atoms with van der Waals surface area (Å²) < 4.78 is 7.77. The molecule has 4 heterocycles. The summed E-state index contributed by atoms with van der Waals surface area (Å²) in [4.78, 5) is 25.4. The molecule has 1 amide bonds. The van der Waals surface area contributed by atoms with Crippen LogP contribution in [0.5, 0.6) is 5.75 Å². The largest absolute Gasteiger partial charge is 0.410 e. The molecule has 11 heteroatoms. The van der Waals surface area contributed by atoms with E-state index < -0.39 is 6.09 Å². The van der Waals surface area contributed by atoms with Crippen molar-refractivity contribution in [3.05, 3.63) is 60.4 Å². The van der Waals surface area contributed by atoms with Gasteiger partial charge >= 0.3 is 6.09 Å². The molecule has 0 radical (unpaired) electrons. The Balaban J connectivity index is 1.25. The van der Waals surface area contributed by atoms with Crippen molar-refractivity contribution in [3.63, 3.8) is 0 Å². The summed E-state index contributed by atoms with van der Waals surface area (Å²) in [5, 5.41) is 10.8. The van der Waals surface area contributed by atoms with Gasteiger partial charge in [0.05, 0.1) is 16.6 Å². The van der Waals surface area contributed by atoms with E-state index in [1.165, 1.54) is 23.4 Å². The molecule has 5 aromatic rings. The molecule has 0 spiro atoms. The number of nitrogens with two attached hydrogens (primary N) is 1. The third-order valence-electron chi connectivity index (χ3n) is 6.89. The van der Waals surface area contributed by atoms with Crippen molar-refractivity contribution in [3.8, 4) is 17.0 Å². The topological polar surface area (TPSA) is 114 Å². The van der Waals surface area contributed by atoms with E-state index in [4.69, 9.17) is 15.5 Å². The van der Waals surface area contributed by atoms with Gasteiger partial charge in [0.15, 0.2) is 17.2 Å². The maximum atomic E-state index is 11.3. The number of primary amides is 1. The number of hydrogen-bond acceptors (Lipinski definition) is 9. The van der Waals surface area contributed by atoms with E-state index in [0.29, 0.717) is 23.3 Å². The van der Waals surface area contributed by atoms with Crippen LogP contribution in [0.3, 0.4) is 0 Å². The average Bonchev–Trinajstić information content (AvgIpc) is 3.58. The lowest BCUT2D eigenvalue weighted by atomic mass is 10.1. The van der Waals surface area contributed by atoms with Crippen LogP contribution in [0.2, 0.25) is 0 Å². The van der Waals surface area contributed by atoms with Gasteiger partial charge in [-0.3, -0.25) is 4.90 Å². The number of aromatic nitrogens is 4. The molecule has 1 fully saturated rings. The van der Waals surface area contributed by atoms with Crippen LogP contribution in [-0.2, 0) is 0 Å². The molecule has 2 aromatic carbocycles. The van der Waals surface area contributed by atoms with E-state index >= 15 is 0 Å². The minimum Gasteiger partial charge on any atom is -0.409 e. The second-order valence-corrected chi connectivity index (χ2v) is 10.4. The summed E-state index contributed by atoms with van der Waals surface area (Å²) >= 11 is 1.47. The number of nitrogens with one attached hydrogen (secondary N) is 1. The first kappa shape index (κ1) is 24.1. The van der Waals surface area contributed by atoms with Gasteiger partial charge in [0, 0.05) is 59.9 Å². The fourth-order valence-corrected chi connectivity index (χ4v) is 5.91. The van der Waals surface area contributed by atoms with Crippen LogP contribution >= 0.6 is 11.3 Å². The molecule has 6 rings (SSSR count). The number of thiophene rings is 1. The van der Waals surface area contributed by atoms with Gasteiger partial charge in [0.1, 0.15) is 6.33 Å². The predicted octanol–water partition coefficient (Wildman–Crippen LogP) is 4.74. The highest BCUT2D eigenvalue weighted by molar-refractivity contribution is 7.18. The smallest absolute Gasteiger partial charge is 0.409 e. The van der Waals surface area contributed by atoms with E-state index in [1.54, 1.807) is 16.8 Å². The number of ether oxygens (including phenoxy) is 1. The summed E-state index contributed by atoms with van der Waals surface area (Å²) in [7, 11) is 0. The van der Waals surface area contributed by atoms with Crippen LogP contribution in [0, 0.1) is 0 Å². The number of benzene rings is 2. The number of hydrogen-bond donors (Lipinski definition) is 2. The average molecular weight is 529 g/mol. The van der Waals surface area contributed by atoms with Crippen molar-refractivity contribution in [1.29, 1.82) is 0 Å². The lowest BCUT2D eigenvalue weighted by Gasteiger charge is -2.38. The number of rotatable bonds is 6. The molecule has 0 aliphatic carbocycles. The maximum absolute atomic E-state index is 11.3. The van der Waals surface area contributed by atoms with E-state index in [9.17, 15) is 4.79 Å². The van der Waals surface area contributed by atoms with Crippen molar-refractivity contribution >= 4 is 50.4 Å². The van der Waals surface area contributed by atoms with Gasteiger partial charge in [-0.15, -0.1) is 11.3 Å². The molecule has 0 unspecified atom stereocenters. The van der Waals surface area contributed by atoms with Crippen molar-refractivity contribution in [2.24, 2.45) is 5.73 Å². The second kappa shape index (κ2) is 9.92. The standard InChI is InChI=1S/C27H28N8O2S/c1-17(2)33-10-12-34(13-11-33)19-8-6-18(7-9-19)32-25-26-30-16-31-35(26)22(14-29-25)21-15-38-24-20(21)4-3-5-23(24)37-27(28)36/h3-9,14-17H,10-13H2,1-2H3,(H2,28,36)(H,29,32). The summed E-state index contributed by atoms with van der Waals surface area (Å²) in [5.74, 6) is 1.04. The monoisotopic (exact) mass is 528 g/mol. The molecule has 10 nitrogen and oxygen atoms in total. The van der Waals surface area contributed by atoms with E-state index in [0.717, 1.165) is 53.2 Å². The summed E-state index contributed by atoms with van der Waals surface area (Å²) in [6, 6.07) is 14.5. The van der Waals surface area contributed by atoms with Crippen LogP contribution < -0.4 is 20.7 Å². The van der Waals surface area contributed by atoms with Crippen molar-refractivity contribution in [2.75, 3.05) is 36.4 Å². The molecule has 194 valence electrons. The van der Waals surface area contributed by atoms with Gasteiger partial charge in [-0.2, -0.15) is 5.10 Å². The van der Waals surface area contributed by atoms with Gasteiger partial charge < -0.3 is 20.7 Å². The Morgan fingerprint density at radius 2 is 1.87 bits per heavy atom. The van der Waals surface area contributed by atoms with Gasteiger partial charge in [-0.25, -0.2) is 19.3 Å². The highest BCUT2D eigenvalue weighted by Gasteiger charge is 2.20. The Morgan fingerprint density at radius 3 is 2.61 bits per heavy atom. The number of piperazine rings is 1. The third-order valence-corrected chi connectivity index (χ3v) is 7.90. The lowest BCUT2D eigenvalue weighted by molar-refractivity contribution is 0.209. The van der Waals surface area contributed by atoms with E-state index in [-0.39, 0.29) is 0 Å². The van der Waals surface area contributed by atoms with Gasteiger partial charge in [-0.1, -0.05) is 12.1 Å². The zero-order valence-electron chi connectivity index (χ0n) is 21.2. The Kier molecular flexibility index (Phi) is 6.30. The molecule has 1 aliphatic heterocycles. The summed E-state index contributed by atoms with van der Waals surface area (Å²) in [5.41, 5.74) is 9.68.